The molecule has 1 N–H and O–H groups in total. The molecule has 0 bridgehead atoms. The normalized spacial score (nSPS) is 13.1. The minimum absolute atomic E-state index is 0.0197. The second kappa shape index (κ2) is 15.5. The van der Waals surface area contributed by atoms with E-state index < -0.39 is 36.8 Å². The lowest BCUT2D eigenvalue weighted by Crippen LogP contribution is -2.42. The molecule has 3 atom stereocenters. The number of benzene rings is 1. The standard InChI is InChI=1S/C27H36N2O8/c1-6-14-34-16-22(15-21-10-8-7-9-11-21)19(3)37-27(32)18(2)29-26(31)24-25(36-17-35-20(4)30)23(33-5)12-13-28-24/h7-13,18-19,22H,6,14-17H2,1-5H3,(H,29,31)/t18-,19+,22-/m1/s1. The highest BCUT2D eigenvalue weighted by Crippen LogP contribution is 2.29. The van der Waals surface area contributed by atoms with Crippen LogP contribution >= 0.6 is 0 Å². The number of aromatic nitrogens is 1. The van der Waals surface area contributed by atoms with Crippen molar-refractivity contribution in [3.8, 4) is 11.5 Å². The number of hydrogen-bond donors (Lipinski definition) is 1. The van der Waals surface area contributed by atoms with Crippen LogP contribution in [-0.4, -0.2) is 62.1 Å². The molecule has 2 aromatic rings. The first-order chi connectivity index (χ1) is 17.8. The van der Waals surface area contributed by atoms with Crippen molar-refractivity contribution in [2.45, 2.75) is 52.7 Å². The zero-order valence-corrected chi connectivity index (χ0v) is 22.0. The lowest BCUT2D eigenvalue weighted by atomic mass is 9.95. The summed E-state index contributed by atoms with van der Waals surface area (Å²) in [4.78, 5) is 40.9. The van der Waals surface area contributed by atoms with Gasteiger partial charge in [0.05, 0.1) is 13.7 Å². The van der Waals surface area contributed by atoms with Crippen LogP contribution in [0.3, 0.4) is 0 Å². The molecule has 1 heterocycles. The molecular weight excluding hydrogens is 480 g/mol. The first-order valence-corrected chi connectivity index (χ1v) is 12.2. The first kappa shape index (κ1) is 29.6. The van der Waals surface area contributed by atoms with Gasteiger partial charge in [-0.05, 0) is 32.3 Å². The van der Waals surface area contributed by atoms with Gasteiger partial charge in [0.2, 0.25) is 6.79 Å². The number of pyridine rings is 1. The van der Waals surface area contributed by atoms with E-state index in [1.54, 1.807) is 0 Å². The molecule has 0 aliphatic heterocycles. The van der Waals surface area contributed by atoms with E-state index >= 15 is 0 Å². The highest BCUT2D eigenvalue weighted by Gasteiger charge is 2.27. The summed E-state index contributed by atoms with van der Waals surface area (Å²) in [5, 5.41) is 2.58. The second-order valence-electron chi connectivity index (χ2n) is 8.45. The molecule has 0 fully saturated rings. The molecule has 10 heteroatoms. The summed E-state index contributed by atoms with van der Waals surface area (Å²) in [6.07, 6.45) is 2.47. The Balaban J connectivity index is 2.05. The van der Waals surface area contributed by atoms with E-state index in [-0.39, 0.29) is 23.1 Å². The quantitative estimate of drug-likeness (QED) is 0.216. The fourth-order valence-corrected chi connectivity index (χ4v) is 3.43. The second-order valence-corrected chi connectivity index (χ2v) is 8.45. The van der Waals surface area contributed by atoms with Crippen LogP contribution in [0, 0.1) is 5.92 Å². The molecule has 0 unspecified atom stereocenters. The summed E-state index contributed by atoms with van der Waals surface area (Å²) in [5.74, 6) is -1.70. The van der Waals surface area contributed by atoms with Crippen LogP contribution in [0.15, 0.2) is 42.6 Å². The Bertz CT molecular complexity index is 1010. The number of nitrogens with zero attached hydrogens (tertiary/aromatic N) is 1. The summed E-state index contributed by atoms with van der Waals surface area (Å²) in [5.41, 5.74) is 0.983. The van der Waals surface area contributed by atoms with Gasteiger partial charge in [-0.3, -0.25) is 9.59 Å². The van der Waals surface area contributed by atoms with Gasteiger partial charge in [0.1, 0.15) is 12.1 Å². The van der Waals surface area contributed by atoms with Crippen LogP contribution in [0.25, 0.3) is 0 Å². The van der Waals surface area contributed by atoms with Gasteiger partial charge in [-0.1, -0.05) is 37.3 Å². The van der Waals surface area contributed by atoms with Crippen molar-refractivity contribution in [3.63, 3.8) is 0 Å². The Morgan fingerprint density at radius 2 is 1.81 bits per heavy atom. The van der Waals surface area contributed by atoms with Crippen LogP contribution in [0.4, 0.5) is 0 Å². The number of carbonyl (C=O) groups excluding carboxylic acids is 3. The molecule has 202 valence electrons. The van der Waals surface area contributed by atoms with Crippen LogP contribution < -0.4 is 14.8 Å². The maximum Gasteiger partial charge on any atom is 0.328 e. The van der Waals surface area contributed by atoms with Gasteiger partial charge < -0.3 is 29.0 Å². The minimum Gasteiger partial charge on any atom is -0.493 e. The highest BCUT2D eigenvalue weighted by molar-refractivity contribution is 5.98. The van der Waals surface area contributed by atoms with Crippen LogP contribution in [-0.2, 0) is 30.2 Å². The molecule has 10 nitrogen and oxygen atoms in total. The fourth-order valence-electron chi connectivity index (χ4n) is 3.43. The smallest absolute Gasteiger partial charge is 0.328 e. The lowest BCUT2D eigenvalue weighted by Gasteiger charge is -2.26. The number of rotatable bonds is 15. The maximum absolute atomic E-state index is 12.9. The van der Waals surface area contributed by atoms with Crippen molar-refractivity contribution in [2.75, 3.05) is 27.1 Å². The average molecular weight is 517 g/mol. The third kappa shape index (κ3) is 9.72. The molecule has 2 rings (SSSR count). The third-order valence-corrected chi connectivity index (χ3v) is 5.46. The Labute approximate surface area is 217 Å². The molecule has 37 heavy (non-hydrogen) atoms. The first-order valence-electron chi connectivity index (χ1n) is 12.2. The summed E-state index contributed by atoms with van der Waals surface area (Å²) in [6, 6.07) is 10.4. The van der Waals surface area contributed by atoms with E-state index in [1.807, 2.05) is 44.2 Å². The number of ether oxygens (including phenoxy) is 5. The maximum atomic E-state index is 12.9. The third-order valence-electron chi connectivity index (χ3n) is 5.46. The Morgan fingerprint density at radius 3 is 2.46 bits per heavy atom. The van der Waals surface area contributed by atoms with Crippen LogP contribution in [0.2, 0.25) is 0 Å². The lowest BCUT2D eigenvalue weighted by molar-refractivity contribution is -0.154. The minimum atomic E-state index is -0.974. The van der Waals surface area contributed by atoms with Crippen molar-refractivity contribution in [2.24, 2.45) is 5.92 Å². The zero-order chi connectivity index (χ0) is 27.2. The predicted molar refractivity (Wildman–Crippen MR) is 135 cm³/mol. The number of hydrogen-bond acceptors (Lipinski definition) is 9. The molecule has 0 aliphatic carbocycles. The van der Waals surface area contributed by atoms with Gasteiger partial charge in [0.25, 0.3) is 5.91 Å². The summed E-state index contributed by atoms with van der Waals surface area (Å²) < 4.78 is 26.9. The van der Waals surface area contributed by atoms with Gasteiger partial charge in [-0.25, -0.2) is 9.78 Å². The summed E-state index contributed by atoms with van der Waals surface area (Å²) in [6.45, 7) is 7.22. The molecule has 0 aliphatic rings. The van der Waals surface area contributed by atoms with Crippen molar-refractivity contribution < 1.29 is 38.1 Å². The fraction of sp³-hybridized carbons (Fsp3) is 0.481. The van der Waals surface area contributed by atoms with E-state index in [0.29, 0.717) is 19.6 Å². The molecule has 0 saturated carbocycles. The van der Waals surface area contributed by atoms with Gasteiger partial charge in [-0.15, -0.1) is 0 Å². The van der Waals surface area contributed by atoms with Crippen molar-refractivity contribution in [1.82, 2.24) is 10.3 Å². The Kier molecular flexibility index (Phi) is 12.3. The molecule has 0 saturated heterocycles. The van der Waals surface area contributed by atoms with Gasteiger partial charge in [-0.2, -0.15) is 0 Å². The van der Waals surface area contributed by atoms with Crippen LogP contribution in [0.1, 0.15) is 50.2 Å². The van der Waals surface area contributed by atoms with Crippen molar-refractivity contribution in [3.05, 3.63) is 53.9 Å². The molecule has 1 aromatic carbocycles. The molecule has 0 spiro atoms. The van der Waals surface area contributed by atoms with E-state index in [1.165, 1.54) is 33.2 Å². The number of methoxy groups -OCH3 is 1. The summed E-state index contributed by atoms with van der Waals surface area (Å²) in [7, 11) is 1.40. The van der Waals surface area contributed by atoms with Gasteiger partial charge in [0.15, 0.2) is 17.2 Å². The van der Waals surface area contributed by atoms with E-state index in [2.05, 4.69) is 10.3 Å². The van der Waals surface area contributed by atoms with E-state index in [0.717, 1.165) is 12.0 Å². The van der Waals surface area contributed by atoms with E-state index in [4.69, 9.17) is 23.7 Å². The Hall–Kier alpha value is -3.66. The number of amides is 1. The summed E-state index contributed by atoms with van der Waals surface area (Å²) >= 11 is 0. The zero-order valence-electron chi connectivity index (χ0n) is 22.0. The van der Waals surface area contributed by atoms with Crippen molar-refractivity contribution >= 4 is 17.8 Å². The number of carbonyl (C=O) groups is 3. The molecule has 0 radical (unpaired) electrons. The molecule has 1 amide bonds. The molecule has 1 aromatic heterocycles. The number of esters is 2. The van der Waals surface area contributed by atoms with Gasteiger partial charge in [0, 0.05) is 31.7 Å². The van der Waals surface area contributed by atoms with Crippen molar-refractivity contribution in [1.29, 1.82) is 0 Å². The van der Waals surface area contributed by atoms with Gasteiger partial charge >= 0.3 is 11.9 Å². The monoisotopic (exact) mass is 516 g/mol. The van der Waals surface area contributed by atoms with Crippen LogP contribution in [0.5, 0.6) is 11.5 Å². The predicted octanol–water partition coefficient (Wildman–Crippen LogP) is 3.33. The largest absolute Gasteiger partial charge is 0.493 e. The molecular formula is C27H36N2O8. The number of nitrogens with one attached hydrogen (secondary N) is 1. The Morgan fingerprint density at radius 1 is 1.08 bits per heavy atom. The van der Waals surface area contributed by atoms with E-state index in [9.17, 15) is 14.4 Å². The average Bonchev–Trinajstić information content (AvgIpc) is 2.88. The topological polar surface area (TPSA) is 122 Å². The highest BCUT2D eigenvalue weighted by atomic mass is 16.7. The SMILES string of the molecule is CCCOC[C@@H](Cc1ccccc1)[C@H](C)OC(=O)[C@@H](C)NC(=O)c1nccc(OC)c1OCOC(C)=O.